The van der Waals surface area contributed by atoms with Gasteiger partial charge in [-0.1, -0.05) is 43.7 Å². The van der Waals surface area contributed by atoms with Crippen molar-refractivity contribution in [1.82, 2.24) is 9.80 Å². The summed E-state index contributed by atoms with van der Waals surface area (Å²) in [5.74, 6) is -1.53. The number of likely N-dealkylation sites (tertiary alicyclic amines) is 1. The number of carbonyl (C=O) groups excluding carboxylic acids is 3. The fourth-order valence-electron chi connectivity index (χ4n) is 6.81. The quantitative estimate of drug-likeness (QED) is 0.408. The van der Waals surface area contributed by atoms with Crippen molar-refractivity contribution in [1.29, 1.82) is 0 Å². The zero-order chi connectivity index (χ0) is 27.6. The lowest BCUT2D eigenvalue weighted by atomic mass is 9.70. The molecule has 3 saturated heterocycles. The highest BCUT2D eigenvalue weighted by atomic mass is 32.2. The maximum atomic E-state index is 14.4. The van der Waals surface area contributed by atoms with Crippen LogP contribution in [0, 0.1) is 11.8 Å². The molecule has 8 heteroatoms. The molecule has 0 saturated carbocycles. The molecule has 1 aromatic rings. The number of carbonyl (C=O) groups is 3. The number of thioether (sulfide) groups is 1. The third kappa shape index (κ3) is 4.60. The lowest BCUT2D eigenvalue weighted by Gasteiger charge is -2.40. The van der Waals surface area contributed by atoms with Crippen molar-refractivity contribution in [2.24, 2.45) is 11.8 Å². The number of rotatable bonds is 12. The number of aliphatic hydroxyl groups excluding tert-OH is 1. The van der Waals surface area contributed by atoms with E-state index >= 15 is 0 Å². The van der Waals surface area contributed by atoms with Gasteiger partial charge in [-0.2, -0.15) is 0 Å². The van der Waals surface area contributed by atoms with Gasteiger partial charge in [-0.3, -0.25) is 14.4 Å². The molecule has 0 aromatic heterocycles. The number of amides is 3. The predicted molar refractivity (Wildman–Crippen MR) is 153 cm³/mol. The first-order chi connectivity index (χ1) is 18.3. The van der Waals surface area contributed by atoms with Crippen LogP contribution in [0.15, 0.2) is 55.6 Å². The molecule has 0 radical (unpaired) electrons. The number of para-hydroxylation sites is 1. The van der Waals surface area contributed by atoms with E-state index in [1.54, 1.807) is 40.6 Å². The maximum absolute atomic E-state index is 14.4. The van der Waals surface area contributed by atoms with Crippen LogP contribution in [0.2, 0.25) is 0 Å². The van der Waals surface area contributed by atoms with Gasteiger partial charge in [-0.25, -0.2) is 0 Å². The van der Waals surface area contributed by atoms with Crippen molar-refractivity contribution in [3.8, 4) is 0 Å². The smallest absolute Gasteiger partial charge is 0.247 e. The van der Waals surface area contributed by atoms with Gasteiger partial charge >= 0.3 is 0 Å². The molecule has 7 nitrogen and oxygen atoms in total. The molecule has 3 amide bonds. The van der Waals surface area contributed by atoms with Crippen LogP contribution >= 0.6 is 11.8 Å². The number of nitrogens with zero attached hydrogens (tertiary/aromatic N) is 3. The molecular formula is C30H41N3O4S. The van der Waals surface area contributed by atoms with Gasteiger partial charge in [0.25, 0.3) is 0 Å². The molecule has 206 valence electrons. The highest BCUT2D eigenvalue weighted by Gasteiger charge is 2.74. The van der Waals surface area contributed by atoms with E-state index < -0.39 is 28.7 Å². The summed E-state index contributed by atoms with van der Waals surface area (Å²) in [4.78, 5) is 47.9. The second kappa shape index (κ2) is 11.7. The number of fused-ring (bicyclic) bond motifs is 1. The monoisotopic (exact) mass is 539 g/mol. The van der Waals surface area contributed by atoms with Gasteiger partial charge in [0.1, 0.15) is 6.04 Å². The number of hydrogen-bond acceptors (Lipinski definition) is 5. The number of anilines is 1. The predicted octanol–water partition coefficient (Wildman–Crippen LogP) is 3.88. The Kier molecular flexibility index (Phi) is 8.72. The molecule has 3 fully saturated rings. The summed E-state index contributed by atoms with van der Waals surface area (Å²) in [6, 6.07) is 8.21. The fraction of sp³-hybridized carbons (Fsp3) is 0.567. The molecule has 2 bridgehead atoms. The fourth-order valence-corrected chi connectivity index (χ4v) is 9.00. The topological polar surface area (TPSA) is 81.2 Å². The van der Waals surface area contributed by atoms with E-state index in [-0.39, 0.29) is 35.6 Å². The molecule has 3 aliphatic rings. The SMILES string of the molecule is C=CCN(C(=O)[C@@H]1[C@H]2C(=O)N([C@H](C)CO)C(C(=O)N(CC=C)C(C)CCC)C23CC[C@H]1S3)c1ccccc1. The third-order valence-corrected chi connectivity index (χ3v) is 10.4. The van der Waals surface area contributed by atoms with Crippen LogP contribution in [0.3, 0.4) is 0 Å². The second-order valence-corrected chi connectivity index (χ2v) is 12.4. The van der Waals surface area contributed by atoms with E-state index in [1.165, 1.54) is 0 Å². The zero-order valence-corrected chi connectivity index (χ0v) is 23.6. The van der Waals surface area contributed by atoms with Gasteiger partial charge in [-0.15, -0.1) is 24.9 Å². The van der Waals surface area contributed by atoms with Crippen LogP contribution in [0.4, 0.5) is 5.69 Å². The molecule has 1 N–H and O–H groups in total. The van der Waals surface area contributed by atoms with Crippen molar-refractivity contribution in [3.05, 3.63) is 55.6 Å². The van der Waals surface area contributed by atoms with Crippen LogP contribution in [-0.2, 0) is 14.4 Å². The molecule has 0 aliphatic carbocycles. The summed E-state index contributed by atoms with van der Waals surface area (Å²) in [6.45, 7) is 14.1. The van der Waals surface area contributed by atoms with Gasteiger partial charge in [-0.05, 0) is 45.2 Å². The lowest BCUT2D eigenvalue weighted by molar-refractivity contribution is -0.146. The number of hydrogen-bond donors (Lipinski definition) is 1. The Morgan fingerprint density at radius 3 is 2.47 bits per heavy atom. The van der Waals surface area contributed by atoms with Crippen LogP contribution in [0.1, 0.15) is 46.5 Å². The molecule has 38 heavy (non-hydrogen) atoms. The van der Waals surface area contributed by atoms with Crippen molar-refractivity contribution in [2.45, 2.75) is 74.6 Å². The Labute approximate surface area is 230 Å². The van der Waals surface area contributed by atoms with E-state index in [4.69, 9.17) is 0 Å². The minimum Gasteiger partial charge on any atom is -0.394 e. The van der Waals surface area contributed by atoms with Crippen LogP contribution in [0.25, 0.3) is 0 Å². The summed E-state index contributed by atoms with van der Waals surface area (Å²) in [6.07, 6.45) is 6.68. The Balaban J connectivity index is 1.76. The maximum Gasteiger partial charge on any atom is 0.247 e. The normalized spacial score (nSPS) is 29.1. The van der Waals surface area contributed by atoms with Gasteiger partial charge < -0.3 is 19.8 Å². The standard InChI is InChI=1S/C30H41N3O4S/c1-6-12-20(4)31(17-7-2)29(37)26-30-16-15-23(38-30)24(25(30)28(36)33(26)21(5)19-34)27(35)32(18-8-3)22-13-10-9-11-14-22/h7-11,13-14,20-21,23-26,34H,2-3,6,12,15-19H2,1,4-5H3/t20?,21-,23-,24+,25+,26?,30?/m1/s1. The second-order valence-electron chi connectivity index (χ2n) is 10.8. The summed E-state index contributed by atoms with van der Waals surface area (Å²) in [7, 11) is 0. The molecule has 3 heterocycles. The average Bonchev–Trinajstić information content (AvgIpc) is 3.57. The molecule has 4 rings (SSSR count). The van der Waals surface area contributed by atoms with E-state index in [9.17, 15) is 19.5 Å². The van der Waals surface area contributed by atoms with Crippen molar-refractivity contribution in [2.75, 3.05) is 24.6 Å². The largest absolute Gasteiger partial charge is 0.394 e. The summed E-state index contributed by atoms with van der Waals surface area (Å²) in [5, 5.41) is 10.1. The molecular weight excluding hydrogens is 498 g/mol. The summed E-state index contributed by atoms with van der Waals surface area (Å²) >= 11 is 1.66. The van der Waals surface area contributed by atoms with E-state index in [0.717, 1.165) is 24.9 Å². The van der Waals surface area contributed by atoms with E-state index in [2.05, 4.69) is 20.1 Å². The highest BCUT2D eigenvalue weighted by molar-refractivity contribution is 8.02. The molecule has 3 unspecified atom stereocenters. The Bertz CT molecular complexity index is 1060. The van der Waals surface area contributed by atoms with Crippen molar-refractivity contribution >= 4 is 35.2 Å². The van der Waals surface area contributed by atoms with E-state index in [1.807, 2.05) is 42.2 Å². The Morgan fingerprint density at radius 1 is 1.18 bits per heavy atom. The van der Waals surface area contributed by atoms with Gasteiger partial charge in [0.05, 0.1) is 29.2 Å². The summed E-state index contributed by atoms with van der Waals surface area (Å²) in [5.41, 5.74) is 0.767. The number of benzene rings is 1. The molecule has 7 atom stereocenters. The third-order valence-electron chi connectivity index (χ3n) is 8.49. The van der Waals surface area contributed by atoms with Gasteiger partial charge in [0.2, 0.25) is 17.7 Å². The highest BCUT2D eigenvalue weighted by Crippen LogP contribution is 2.67. The average molecular weight is 540 g/mol. The minimum absolute atomic E-state index is 0.00969. The van der Waals surface area contributed by atoms with Crippen LogP contribution in [0.5, 0.6) is 0 Å². The molecule has 1 aromatic carbocycles. The minimum atomic E-state index is -0.723. The first kappa shape index (κ1) is 28.4. The first-order valence-corrected chi connectivity index (χ1v) is 14.6. The first-order valence-electron chi connectivity index (χ1n) is 13.8. The van der Waals surface area contributed by atoms with E-state index in [0.29, 0.717) is 19.5 Å². The Morgan fingerprint density at radius 2 is 1.87 bits per heavy atom. The summed E-state index contributed by atoms with van der Waals surface area (Å²) < 4.78 is -0.690. The Hall–Kier alpha value is -2.58. The molecule has 3 aliphatic heterocycles. The van der Waals surface area contributed by atoms with Crippen LogP contribution < -0.4 is 4.90 Å². The van der Waals surface area contributed by atoms with Crippen molar-refractivity contribution in [3.63, 3.8) is 0 Å². The van der Waals surface area contributed by atoms with Gasteiger partial charge in [0.15, 0.2) is 0 Å². The molecule has 1 spiro atoms. The van der Waals surface area contributed by atoms with Crippen molar-refractivity contribution < 1.29 is 19.5 Å². The van der Waals surface area contributed by atoms with Gasteiger partial charge in [0, 0.05) is 30.1 Å². The van der Waals surface area contributed by atoms with Crippen LogP contribution in [-0.4, -0.2) is 80.4 Å². The lowest BCUT2D eigenvalue weighted by Crippen LogP contribution is -2.58. The zero-order valence-electron chi connectivity index (χ0n) is 22.8. The number of aliphatic hydroxyl groups is 1.